The molecule has 0 aromatic carbocycles. The zero-order chi connectivity index (χ0) is 11.2. The maximum atomic E-state index is 3.87. The first kappa shape index (κ1) is 18.3. The molecule has 16 heavy (non-hydrogen) atoms. The molecule has 0 heterocycles. The SMILES string of the molecule is CCCCCCCCCCCCCC[NH3+].[F-]. The molecule has 1 nitrogen and oxygen atoms in total. The van der Waals surface area contributed by atoms with Gasteiger partial charge in [0.15, 0.2) is 0 Å². The fourth-order valence-corrected chi connectivity index (χ4v) is 2.02. The highest BCUT2D eigenvalue weighted by atomic mass is 19.0. The third kappa shape index (κ3) is 16.3. The predicted octanol–water partition coefficient (Wildman–Crippen LogP) is 0.933. The van der Waals surface area contributed by atoms with E-state index in [0.717, 1.165) is 6.54 Å². The van der Waals surface area contributed by atoms with Gasteiger partial charge in [0.05, 0.1) is 6.54 Å². The lowest BCUT2D eigenvalue weighted by Gasteiger charge is -2.01. The van der Waals surface area contributed by atoms with Crippen LogP contribution in [0.15, 0.2) is 0 Å². The fraction of sp³-hybridized carbons (Fsp3) is 1.00. The smallest absolute Gasteiger partial charge is 0.0739 e. The summed E-state index contributed by atoms with van der Waals surface area (Å²) in [4.78, 5) is 0. The zero-order valence-corrected chi connectivity index (χ0v) is 11.3. The van der Waals surface area contributed by atoms with Crippen LogP contribution >= 0.6 is 0 Å². The largest absolute Gasteiger partial charge is 1.00 e. The van der Waals surface area contributed by atoms with E-state index in [0.29, 0.717) is 0 Å². The van der Waals surface area contributed by atoms with E-state index in [1.165, 1.54) is 77.0 Å². The molecule has 0 aliphatic rings. The van der Waals surface area contributed by atoms with Gasteiger partial charge in [-0.05, 0) is 12.8 Å². The lowest BCUT2D eigenvalue weighted by atomic mass is 10.1. The van der Waals surface area contributed by atoms with Crippen LogP contribution in [0.25, 0.3) is 0 Å². The predicted molar refractivity (Wildman–Crippen MR) is 68.8 cm³/mol. The van der Waals surface area contributed by atoms with E-state index in [9.17, 15) is 0 Å². The molecule has 0 saturated heterocycles. The maximum absolute atomic E-state index is 3.87. The monoisotopic (exact) mass is 233 g/mol. The van der Waals surface area contributed by atoms with Crippen LogP contribution in [-0.4, -0.2) is 6.54 Å². The first-order valence-electron chi connectivity index (χ1n) is 7.21. The molecule has 0 spiro atoms. The molecular formula is C14H32FN. The first-order chi connectivity index (χ1) is 7.41. The number of hydrogen-bond acceptors (Lipinski definition) is 0. The van der Waals surface area contributed by atoms with E-state index >= 15 is 0 Å². The highest BCUT2D eigenvalue weighted by Gasteiger charge is 1.92. The highest BCUT2D eigenvalue weighted by Crippen LogP contribution is 2.11. The molecule has 0 aromatic rings. The third-order valence-corrected chi connectivity index (χ3v) is 3.10. The van der Waals surface area contributed by atoms with Crippen molar-refractivity contribution < 1.29 is 10.4 Å². The molecule has 100 valence electrons. The Balaban J connectivity index is 0. The summed E-state index contributed by atoms with van der Waals surface area (Å²) in [5.74, 6) is 0. The van der Waals surface area contributed by atoms with E-state index in [1.807, 2.05) is 0 Å². The molecule has 0 unspecified atom stereocenters. The summed E-state index contributed by atoms with van der Waals surface area (Å²) in [5.41, 5.74) is 3.87. The van der Waals surface area contributed by atoms with Crippen molar-refractivity contribution >= 4 is 0 Å². The normalized spacial score (nSPS) is 10.1. The van der Waals surface area contributed by atoms with E-state index in [4.69, 9.17) is 0 Å². The first-order valence-corrected chi connectivity index (χ1v) is 7.21. The Morgan fingerprint density at radius 1 is 0.562 bits per heavy atom. The van der Waals surface area contributed by atoms with Gasteiger partial charge in [-0.2, -0.15) is 0 Å². The van der Waals surface area contributed by atoms with Crippen LogP contribution in [-0.2, 0) is 0 Å². The van der Waals surface area contributed by atoms with Crippen molar-refractivity contribution in [2.45, 2.75) is 84.0 Å². The van der Waals surface area contributed by atoms with Crippen LogP contribution in [0.5, 0.6) is 0 Å². The van der Waals surface area contributed by atoms with E-state index < -0.39 is 0 Å². The Hall–Kier alpha value is -0.110. The molecule has 3 N–H and O–H groups in total. The molecule has 0 amide bonds. The Bertz CT molecular complexity index is 94.9. The number of rotatable bonds is 12. The summed E-state index contributed by atoms with van der Waals surface area (Å²) in [5, 5.41) is 0. The van der Waals surface area contributed by atoms with E-state index in [2.05, 4.69) is 12.7 Å². The molecule has 0 atom stereocenters. The Labute approximate surface area is 102 Å². The second-order valence-electron chi connectivity index (χ2n) is 4.74. The van der Waals surface area contributed by atoms with Crippen LogP contribution in [0.3, 0.4) is 0 Å². The van der Waals surface area contributed by atoms with Gasteiger partial charge in [-0.1, -0.05) is 71.1 Å². The Morgan fingerprint density at radius 3 is 1.19 bits per heavy atom. The summed E-state index contributed by atoms with van der Waals surface area (Å²) in [7, 11) is 0. The minimum absolute atomic E-state index is 0. The second-order valence-corrected chi connectivity index (χ2v) is 4.74. The minimum Gasteiger partial charge on any atom is -1.00 e. The summed E-state index contributed by atoms with van der Waals surface area (Å²) >= 11 is 0. The van der Waals surface area contributed by atoms with Gasteiger partial charge in [0.25, 0.3) is 0 Å². The van der Waals surface area contributed by atoms with Gasteiger partial charge in [0.2, 0.25) is 0 Å². The molecule has 0 radical (unpaired) electrons. The quantitative estimate of drug-likeness (QED) is 0.486. The van der Waals surface area contributed by atoms with Gasteiger partial charge in [0.1, 0.15) is 0 Å². The molecule has 0 saturated carbocycles. The molecular weight excluding hydrogens is 201 g/mol. The second kappa shape index (κ2) is 17.3. The highest BCUT2D eigenvalue weighted by molar-refractivity contribution is 4.47. The van der Waals surface area contributed by atoms with Gasteiger partial charge in [-0.25, -0.2) is 0 Å². The molecule has 0 aromatic heterocycles. The lowest BCUT2D eigenvalue weighted by Crippen LogP contribution is -3.00. The van der Waals surface area contributed by atoms with Gasteiger partial charge in [-0.3, -0.25) is 0 Å². The standard InChI is InChI=1S/C14H31N.FH/c1-2-3-4-5-6-7-8-9-10-11-12-13-14-15;/h2-15H2,1H3;1H. The van der Waals surface area contributed by atoms with Crippen molar-refractivity contribution in [1.29, 1.82) is 0 Å². The summed E-state index contributed by atoms with van der Waals surface area (Å²) < 4.78 is 0. The molecule has 0 bridgehead atoms. The molecule has 0 fully saturated rings. The van der Waals surface area contributed by atoms with Crippen LogP contribution in [0.1, 0.15) is 84.0 Å². The lowest BCUT2D eigenvalue weighted by molar-refractivity contribution is -0.368. The molecule has 0 aliphatic carbocycles. The maximum Gasteiger partial charge on any atom is 0.0739 e. The summed E-state index contributed by atoms with van der Waals surface area (Å²) in [6, 6.07) is 0. The average molecular weight is 233 g/mol. The zero-order valence-electron chi connectivity index (χ0n) is 11.3. The van der Waals surface area contributed by atoms with Crippen molar-refractivity contribution in [3.05, 3.63) is 0 Å². The Kier molecular flexibility index (Phi) is 19.7. The van der Waals surface area contributed by atoms with Crippen molar-refractivity contribution in [2.24, 2.45) is 0 Å². The summed E-state index contributed by atoms with van der Waals surface area (Å²) in [6.45, 7) is 3.41. The van der Waals surface area contributed by atoms with Crippen LogP contribution in [0.4, 0.5) is 0 Å². The molecule has 0 rings (SSSR count). The van der Waals surface area contributed by atoms with Crippen LogP contribution in [0, 0.1) is 0 Å². The van der Waals surface area contributed by atoms with Gasteiger partial charge in [0, 0.05) is 0 Å². The topological polar surface area (TPSA) is 27.6 Å². The van der Waals surface area contributed by atoms with Crippen LogP contribution < -0.4 is 10.4 Å². The van der Waals surface area contributed by atoms with Gasteiger partial charge in [-0.15, -0.1) is 0 Å². The van der Waals surface area contributed by atoms with Crippen molar-refractivity contribution in [2.75, 3.05) is 6.54 Å². The van der Waals surface area contributed by atoms with Crippen molar-refractivity contribution in [1.82, 2.24) is 0 Å². The number of halogens is 1. The molecule has 2 heteroatoms. The van der Waals surface area contributed by atoms with Crippen molar-refractivity contribution in [3.8, 4) is 0 Å². The average Bonchev–Trinajstić information content (AvgIpc) is 2.26. The number of quaternary nitrogens is 1. The Morgan fingerprint density at radius 2 is 0.875 bits per heavy atom. The fourth-order valence-electron chi connectivity index (χ4n) is 2.02. The third-order valence-electron chi connectivity index (χ3n) is 3.10. The van der Waals surface area contributed by atoms with Gasteiger partial charge >= 0.3 is 0 Å². The molecule has 0 aliphatic heterocycles. The van der Waals surface area contributed by atoms with E-state index in [-0.39, 0.29) is 4.70 Å². The number of hydrogen-bond donors (Lipinski definition) is 1. The number of unbranched alkanes of at least 4 members (excludes halogenated alkanes) is 11. The summed E-state index contributed by atoms with van der Waals surface area (Å²) in [6.07, 6.45) is 17.2. The van der Waals surface area contributed by atoms with E-state index in [1.54, 1.807) is 0 Å². The van der Waals surface area contributed by atoms with Crippen molar-refractivity contribution in [3.63, 3.8) is 0 Å². The van der Waals surface area contributed by atoms with Gasteiger partial charge < -0.3 is 10.4 Å². The van der Waals surface area contributed by atoms with Crippen LogP contribution in [0.2, 0.25) is 0 Å². The minimum atomic E-state index is 0.